The van der Waals surface area contributed by atoms with Crippen LogP contribution in [0, 0.1) is 0 Å². The maximum Gasteiger partial charge on any atom is 0.291 e. The number of nitrogens with zero attached hydrogens (tertiary/aromatic N) is 3. The normalized spacial score (nSPS) is 14.5. The van der Waals surface area contributed by atoms with Crippen LogP contribution in [0.5, 0.6) is 5.75 Å². The van der Waals surface area contributed by atoms with Crippen molar-refractivity contribution >= 4 is 21.8 Å². The van der Waals surface area contributed by atoms with Crippen LogP contribution >= 0.6 is 15.9 Å². The Kier molecular flexibility index (Phi) is 6.47. The molecule has 0 unspecified atom stereocenters. The Balaban J connectivity index is 1.67. The van der Waals surface area contributed by atoms with Gasteiger partial charge >= 0.3 is 0 Å². The predicted octanol–water partition coefficient (Wildman–Crippen LogP) is 5.16. The highest BCUT2D eigenvalue weighted by molar-refractivity contribution is 9.10. The number of rotatable bonds is 6. The smallest absolute Gasteiger partial charge is 0.291 e. The summed E-state index contributed by atoms with van der Waals surface area (Å²) in [7, 11) is 0. The van der Waals surface area contributed by atoms with E-state index >= 15 is 0 Å². The van der Waals surface area contributed by atoms with Crippen LogP contribution in [0.2, 0.25) is 0 Å². The van der Waals surface area contributed by atoms with Gasteiger partial charge in [0.05, 0.1) is 12.3 Å². The molecular formula is C23H25BrN4O2. The largest absolute Gasteiger partial charge is 0.494 e. The quantitative estimate of drug-likeness (QED) is 0.542. The summed E-state index contributed by atoms with van der Waals surface area (Å²) in [6.07, 6.45) is 5.59. The molecule has 3 aromatic rings. The molecule has 0 spiro atoms. The lowest BCUT2D eigenvalue weighted by Crippen LogP contribution is -2.36. The van der Waals surface area contributed by atoms with Gasteiger partial charge in [-0.1, -0.05) is 47.3 Å². The highest BCUT2D eigenvalue weighted by atomic mass is 79.9. The maximum atomic E-state index is 12.9. The molecule has 1 fully saturated rings. The lowest BCUT2D eigenvalue weighted by atomic mass is 9.95. The number of halogens is 1. The predicted molar refractivity (Wildman–Crippen MR) is 120 cm³/mol. The van der Waals surface area contributed by atoms with Gasteiger partial charge in [-0.15, -0.1) is 5.10 Å². The topological polar surface area (TPSA) is 69.0 Å². The molecule has 0 atom stereocenters. The molecule has 6 nitrogen and oxygen atoms in total. The molecule has 30 heavy (non-hydrogen) atoms. The summed E-state index contributed by atoms with van der Waals surface area (Å²) < 4.78 is 8.24. The fraction of sp³-hybridized carbons (Fsp3) is 0.348. The first-order valence-corrected chi connectivity index (χ1v) is 11.2. The third-order valence-electron chi connectivity index (χ3n) is 5.25. The van der Waals surface area contributed by atoms with Gasteiger partial charge in [0.1, 0.15) is 5.75 Å². The van der Waals surface area contributed by atoms with Crippen molar-refractivity contribution < 1.29 is 9.53 Å². The van der Waals surface area contributed by atoms with E-state index in [1.54, 1.807) is 4.68 Å². The third-order valence-corrected chi connectivity index (χ3v) is 5.77. The van der Waals surface area contributed by atoms with E-state index < -0.39 is 0 Å². The summed E-state index contributed by atoms with van der Waals surface area (Å²) in [5.41, 5.74) is 1.71. The summed E-state index contributed by atoms with van der Waals surface area (Å²) >= 11 is 3.47. The number of carbonyl (C=O) groups is 1. The second-order valence-corrected chi connectivity index (χ2v) is 8.33. The zero-order valence-corrected chi connectivity index (χ0v) is 18.6. The van der Waals surface area contributed by atoms with Crippen molar-refractivity contribution in [1.29, 1.82) is 0 Å². The van der Waals surface area contributed by atoms with Crippen molar-refractivity contribution in [2.75, 3.05) is 6.61 Å². The van der Waals surface area contributed by atoms with Gasteiger partial charge < -0.3 is 10.1 Å². The molecule has 1 saturated carbocycles. The SMILES string of the molecule is CCOc1ccc(-n2nc(C(=O)NC3CCCCC3)nc2-c2ccc(Br)cc2)cc1. The van der Waals surface area contributed by atoms with E-state index in [1.165, 1.54) is 6.42 Å². The number of amides is 1. The van der Waals surface area contributed by atoms with E-state index in [-0.39, 0.29) is 17.8 Å². The minimum Gasteiger partial charge on any atom is -0.494 e. The highest BCUT2D eigenvalue weighted by Crippen LogP contribution is 2.25. The Labute approximate surface area is 184 Å². The summed E-state index contributed by atoms with van der Waals surface area (Å²) in [5.74, 6) is 1.39. The Hall–Kier alpha value is -2.67. The molecule has 7 heteroatoms. The number of ether oxygens (including phenoxy) is 1. The van der Waals surface area contributed by atoms with Crippen molar-refractivity contribution in [3.05, 3.63) is 58.8 Å². The van der Waals surface area contributed by atoms with Gasteiger partial charge in [0.2, 0.25) is 5.82 Å². The summed E-state index contributed by atoms with van der Waals surface area (Å²) in [5, 5.41) is 7.67. The molecule has 2 aromatic carbocycles. The van der Waals surface area contributed by atoms with Crippen molar-refractivity contribution in [3.8, 4) is 22.8 Å². The number of hydrogen-bond acceptors (Lipinski definition) is 4. The van der Waals surface area contributed by atoms with Crippen LogP contribution in [0.1, 0.15) is 49.6 Å². The average molecular weight is 469 g/mol. The second-order valence-electron chi connectivity index (χ2n) is 7.41. The van der Waals surface area contributed by atoms with Crippen molar-refractivity contribution in [3.63, 3.8) is 0 Å². The molecule has 0 radical (unpaired) electrons. The number of benzene rings is 2. The Morgan fingerprint density at radius 2 is 1.80 bits per heavy atom. The third kappa shape index (κ3) is 4.73. The Morgan fingerprint density at radius 1 is 1.10 bits per heavy atom. The molecule has 1 N–H and O–H groups in total. The molecule has 0 saturated heterocycles. The number of nitrogens with one attached hydrogen (secondary N) is 1. The monoisotopic (exact) mass is 468 g/mol. The molecule has 1 aliphatic rings. The van der Waals surface area contributed by atoms with E-state index in [1.807, 2.05) is 55.5 Å². The summed E-state index contributed by atoms with van der Waals surface area (Å²) in [6.45, 7) is 2.56. The molecule has 1 aliphatic carbocycles. The molecule has 1 aromatic heterocycles. The summed E-state index contributed by atoms with van der Waals surface area (Å²) in [6, 6.07) is 15.7. The number of aromatic nitrogens is 3. The number of carbonyl (C=O) groups excluding carboxylic acids is 1. The first-order valence-electron chi connectivity index (χ1n) is 10.4. The van der Waals surface area contributed by atoms with Crippen molar-refractivity contribution in [2.24, 2.45) is 0 Å². The van der Waals surface area contributed by atoms with Crippen LogP contribution in [0.4, 0.5) is 0 Å². The minimum absolute atomic E-state index is 0.187. The summed E-state index contributed by atoms with van der Waals surface area (Å²) in [4.78, 5) is 17.5. The second kappa shape index (κ2) is 9.43. The van der Waals surface area contributed by atoms with E-state index in [0.29, 0.717) is 12.4 Å². The first-order chi connectivity index (χ1) is 14.6. The van der Waals surface area contributed by atoms with E-state index in [0.717, 1.165) is 47.2 Å². The zero-order valence-electron chi connectivity index (χ0n) is 17.0. The Morgan fingerprint density at radius 3 is 2.47 bits per heavy atom. The van der Waals surface area contributed by atoms with Crippen LogP contribution < -0.4 is 10.1 Å². The van der Waals surface area contributed by atoms with Crippen LogP contribution in [-0.4, -0.2) is 33.3 Å². The molecule has 1 amide bonds. The van der Waals surface area contributed by atoms with Crippen LogP contribution in [0.25, 0.3) is 17.1 Å². The van der Waals surface area contributed by atoms with Crippen molar-refractivity contribution in [2.45, 2.75) is 45.1 Å². The first kappa shape index (κ1) is 20.6. The van der Waals surface area contributed by atoms with Gasteiger partial charge in [0.15, 0.2) is 5.82 Å². The van der Waals surface area contributed by atoms with Gasteiger partial charge in [0, 0.05) is 16.1 Å². The standard InChI is InChI=1S/C23H25BrN4O2/c1-2-30-20-14-12-19(13-15-20)28-22(16-8-10-17(24)11-9-16)26-21(27-28)23(29)25-18-6-4-3-5-7-18/h8-15,18H,2-7H2,1H3,(H,25,29). The van der Waals surface area contributed by atoms with Crippen LogP contribution in [0.3, 0.4) is 0 Å². The molecule has 1 heterocycles. The highest BCUT2D eigenvalue weighted by Gasteiger charge is 2.22. The molecule has 156 valence electrons. The molecule has 0 aliphatic heterocycles. The van der Waals surface area contributed by atoms with Gasteiger partial charge in [-0.2, -0.15) is 0 Å². The van der Waals surface area contributed by atoms with Crippen LogP contribution in [-0.2, 0) is 0 Å². The maximum absolute atomic E-state index is 12.9. The van der Waals surface area contributed by atoms with Gasteiger partial charge in [-0.3, -0.25) is 4.79 Å². The van der Waals surface area contributed by atoms with Crippen LogP contribution in [0.15, 0.2) is 53.0 Å². The van der Waals surface area contributed by atoms with Gasteiger partial charge in [0.25, 0.3) is 5.91 Å². The number of hydrogen-bond donors (Lipinski definition) is 1. The van der Waals surface area contributed by atoms with Gasteiger partial charge in [-0.05, 0) is 56.2 Å². The average Bonchev–Trinajstić information content (AvgIpc) is 3.21. The molecule has 0 bridgehead atoms. The van der Waals surface area contributed by atoms with Gasteiger partial charge in [-0.25, -0.2) is 9.67 Å². The Bertz CT molecular complexity index is 993. The minimum atomic E-state index is -0.218. The lowest BCUT2D eigenvalue weighted by molar-refractivity contribution is 0.0917. The van der Waals surface area contributed by atoms with E-state index in [9.17, 15) is 4.79 Å². The fourth-order valence-electron chi connectivity index (χ4n) is 3.72. The fourth-order valence-corrected chi connectivity index (χ4v) is 3.99. The lowest BCUT2D eigenvalue weighted by Gasteiger charge is -2.21. The molecule has 4 rings (SSSR count). The molecular weight excluding hydrogens is 444 g/mol. The zero-order chi connectivity index (χ0) is 20.9. The van der Waals surface area contributed by atoms with Crippen molar-refractivity contribution in [1.82, 2.24) is 20.1 Å². The van der Waals surface area contributed by atoms with E-state index in [4.69, 9.17) is 4.74 Å². The van der Waals surface area contributed by atoms with E-state index in [2.05, 4.69) is 31.3 Å².